The van der Waals surface area contributed by atoms with Gasteiger partial charge >= 0.3 is 0 Å². The first-order valence-electron chi connectivity index (χ1n) is 8.37. The summed E-state index contributed by atoms with van der Waals surface area (Å²) in [5.41, 5.74) is 2.12. The maximum absolute atomic E-state index is 12.5. The number of ketones is 1. The van der Waals surface area contributed by atoms with Crippen molar-refractivity contribution >= 4 is 5.78 Å². The van der Waals surface area contributed by atoms with Crippen LogP contribution in [0, 0.1) is 5.92 Å². The van der Waals surface area contributed by atoms with Crippen molar-refractivity contribution in [2.75, 3.05) is 13.1 Å². The molecule has 0 bridgehead atoms. The molecule has 0 atom stereocenters. The van der Waals surface area contributed by atoms with Crippen molar-refractivity contribution in [1.82, 2.24) is 4.90 Å². The van der Waals surface area contributed by atoms with Gasteiger partial charge in [-0.2, -0.15) is 0 Å². The van der Waals surface area contributed by atoms with Crippen molar-refractivity contribution in [1.29, 1.82) is 0 Å². The van der Waals surface area contributed by atoms with Gasteiger partial charge in [0.15, 0.2) is 5.78 Å². The first-order valence-corrected chi connectivity index (χ1v) is 8.37. The van der Waals surface area contributed by atoms with E-state index in [1.54, 1.807) is 0 Å². The fraction of sp³-hybridized carbons (Fsp3) is 0.632. The number of carbonyl (C=O) groups excluding carboxylic acids is 1. The minimum absolute atomic E-state index is 0.241. The fourth-order valence-electron chi connectivity index (χ4n) is 2.82. The summed E-state index contributed by atoms with van der Waals surface area (Å²) in [6.45, 7) is 12.5. The fourth-order valence-corrected chi connectivity index (χ4v) is 2.82. The first-order chi connectivity index (χ1) is 10.0. The minimum Gasteiger partial charge on any atom is -0.293 e. The highest BCUT2D eigenvalue weighted by Gasteiger charge is 2.19. The van der Waals surface area contributed by atoms with Gasteiger partial charge in [-0.15, -0.1) is 0 Å². The van der Waals surface area contributed by atoms with E-state index in [9.17, 15) is 4.79 Å². The van der Waals surface area contributed by atoms with Crippen molar-refractivity contribution in [2.45, 2.75) is 59.9 Å². The summed E-state index contributed by atoms with van der Waals surface area (Å²) in [7, 11) is 0. The Balaban J connectivity index is 2.78. The Bertz CT molecular complexity index is 418. The van der Waals surface area contributed by atoms with Crippen LogP contribution in [0.25, 0.3) is 0 Å². The summed E-state index contributed by atoms with van der Waals surface area (Å²) >= 11 is 0. The van der Waals surface area contributed by atoms with Crippen LogP contribution in [0.5, 0.6) is 0 Å². The van der Waals surface area contributed by atoms with Gasteiger partial charge in [0, 0.05) is 18.2 Å². The van der Waals surface area contributed by atoms with Gasteiger partial charge in [-0.1, -0.05) is 58.9 Å². The van der Waals surface area contributed by atoms with E-state index in [4.69, 9.17) is 0 Å². The number of hydrogen-bond acceptors (Lipinski definition) is 2. The summed E-state index contributed by atoms with van der Waals surface area (Å²) in [5, 5.41) is 0. The molecule has 0 aliphatic carbocycles. The van der Waals surface area contributed by atoms with Gasteiger partial charge in [-0.25, -0.2) is 0 Å². The Morgan fingerprint density at radius 2 is 1.62 bits per heavy atom. The van der Waals surface area contributed by atoms with Gasteiger partial charge < -0.3 is 0 Å². The molecule has 2 nitrogen and oxygen atoms in total. The summed E-state index contributed by atoms with van der Waals surface area (Å²) in [5.74, 6) is 0.825. The molecule has 0 radical (unpaired) electrons. The third-order valence-corrected chi connectivity index (χ3v) is 4.09. The number of hydrogen-bond donors (Lipinski definition) is 0. The van der Waals surface area contributed by atoms with Crippen molar-refractivity contribution in [3.05, 3.63) is 35.4 Å². The quantitative estimate of drug-likeness (QED) is 0.620. The molecular formula is C19H31NO. The molecule has 1 rings (SSSR count). The van der Waals surface area contributed by atoms with Crippen molar-refractivity contribution in [3.8, 4) is 0 Å². The molecule has 0 heterocycles. The molecule has 0 saturated heterocycles. The minimum atomic E-state index is 0.241. The summed E-state index contributed by atoms with van der Waals surface area (Å²) < 4.78 is 0. The Kier molecular flexibility index (Phi) is 7.66. The number of benzene rings is 1. The molecule has 0 aromatic heterocycles. The highest BCUT2D eigenvalue weighted by Crippen LogP contribution is 2.14. The Labute approximate surface area is 130 Å². The molecule has 0 amide bonds. The van der Waals surface area contributed by atoms with Crippen molar-refractivity contribution in [2.24, 2.45) is 5.92 Å². The lowest BCUT2D eigenvalue weighted by molar-refractivity contribution is 0.0866. The lowest BCUT2D eigenvalue weighted by atomic mass is 10.0. The normalized spacial score (nSPS) is 11.6. The highest BCUT2D eigenvalue weighted by atomic mass is 16.1. The SMILES string of the molecule is CCc1ccc(C(=O)CN(CC(C)C)C(CC)CC)cc1. The summed E-state index contributed by atoms with van der Waals surface area (Å²) in [4.78, 5) is 14.9. The molecule has 118 valence electrons. The Morgan fingerprint density at radius 1 is 1.05 bits per heavy atom. The van der Waals surface area contributed by atoms with E-state index in [2.05, 4.69) is 51.7 Å². The van der Waals surface area contributed by atoms with Gasteiger partial charge in [-0.3, -0.25) is 9.69 Å². The second-order valence-corrected chi connectivity index (χ2v) is 6.27. The van der Waals surface area contributed by atoms with E-state index < -0.39 is 0 Å². The maximum atomic E-state index is 12.5. The van der Waals surface area contributed by atoms with Crippen LogP contribution in [0.1, 0.15) is 63.4 Å². The predicted octanol–water partition coefficient (Wildman–Crippen LogP) is 4.58. The topological polar surface area (TPSA) is 20.3 Å². The lowest BCUT2D eigenvalue weighted by Gasteiger charge is -2.31. The Morgan fingerprint density at radius 3 is 2.05 bits per heavy atom. The predicted molar refractivity (Wildman–Crippen MR) is 90.9 cm³/mol. The molecule has 0 aliphatic heterocycles. The third-order valence-electron chi connectivity index (χ3n) is 4.09. The number of nitrogens with zero attached hydrogens (tertiary/aromatic N) is 1. The number of Topliss-reactive ketones (excluding diaryl/α,β-unsaturated/α-hetero) is 1. The van der Waals surface area contributed by atoms with E-state index in [1.165, 1.54) is 5.56 Å². The van der Waals surface area contributed by atoms with Crippen molar-refractivity contribution < 1.29 is 4.79 Å². The summed E-state index contributed by atoms with van der Waals surface area (Å²) in [6.07, 6.45) is 3.22. The zero-order valence-corrected chi connectivity index (χ0v) is 14.4. The molecular weight excluding hydrogens is 258 g/mol. The van der Waals surface area contributed by atoms with Crippen LogP contribution < -0.4 is 0 Å². The average Bonchev–Trinajstić information content (AvgIpc) is 2.47. The number of carbonyl (C=O) groups is 1. The second kappa shape index (κ2) is 8.99. The molecule has 0 spiro atoms. The van der Waals surface area contributed by atoms with Crippen molar-refractivity contribution in [3.63, 3.8) is 0 Å². The molecule has 1 aromatic rings. The van der Waals surface area contributed by atoms with Crippen LogP contribution in [-0.4, -0.2) is 29.8 Å². The monoisotopic (exact) mass is 289 g/mol. The maximum Gasteiger partial charge on any atom is 0.176 e. The molecule has 0 unspecified atom stereocenters. The van der Waals surface area contributed by atoms with Crippen LogP contribution in [-0.2, 0) is 6.42 Å². The van der Waals surface area contributed by atoms with Crippen LogP contribution in [0.2, 0.25) is 0 Å². The molecule has 1 aromatic carbocycles. The van der Waals surface area contributed by atoms with E-state index in [-0.39, 0.29) is 5.78 Å². The van der Waals surface area contributed by atoms with Gasteiger partial charge in [0.25, 0.3) is 0 Å². The number of aryl methyl sites for hydroxylation is 1. The standard InChI is InChI=1S/C19H31NO/c1-6-16-9-11-17(12-10-16)19(21)14-20(13-15(4)5)18(7-2)8-3/h9-12,15,18H,6-8,13-14H2,1-5H3. The zero-order valence-electron chi connectivity index (χ0n) is 14.4. The summed E-state index contributed by atoms with van der Waals surface area (Å²) in [6, 6.07) is 8.59. The molecule has 0 N–H and O–H groups in total. The van der Waals surface area contributed by atoms with E-state index in [1.807, 2.05) is 12.1 Å². The molecule has 0 saturated carbocycles. The average molecular weight is 289 g/mol. The lowest BCUT2D eigenvalue weighted by Crippen LogP contribution is -2.40. The second-order valence-electron chi connectivity index (χ2n) is 6.27. The van der Waals surface area contributed by atoms with Gasteiger partial charge in [0.05, 0.1) is 6.54 Å². The van der Waals surface area contributed by atoms with Crippen LogP contribution in [0.3, 0.4) is 0 Å². The smallest absolute Gasteiger partial charge is 0.176 e. The highest BCUT2D eigenvalue weighted by molar-refractivity contribution is 5.97. The molecule has 0 fully saturated rings. The van der Waals surface area contributed by atoms with Gasteiger partial charge in [0.2, 0.25) is 0 Å². The van der Waals surface area contributed by atoms with E-state index >= 15 is 0 Å². The zero-order chi connectivity index (χ0) is 15.8. The van der Waals surface area contributed by atoms with E-state index in [0.29, 0.717) is 18.5 Å². The first kappa shape index (κ1) is 17.9. The number of rotatable bonds is 9. The van der Waals surface area contributed by atoms with Crippen LogP contribution in [0.4, 0.5) is 0 Å². The van der Waals surface area contributed by atoms with Gasteiger partial charge in [0.1, 0.15) is 0 Å². The largest absolute Gasteiger partial charge is 0.293 e. The van der Waals surface area contributed by atoms with Crippen LogP contribution in [0.15, 0.2) is 24.3 Å². The Hall–Kier alpha value is -1.15. The molecule has 0 aliphatic rings. The van der Waals surface area contributed by atoms with Crippen LogP contribution >= 0.6 is 0 Å². The molecule has 2 heteroatoms. The molecule has 21 heavy (non-hydrogen) atoms. The van der Waals surface area contributed by atoms with Gasteiger partial charge in [-0.05, 0) is 30.7 Å². The van der Waals surface area contributed by atoms with E-state index in [0.717, 1.165) is 31.4 Å². The third kappa shape index (κ3) is 5.62.